The number of hydrogen-bond donors (Lipinski definition) is 1. The van der Waals surface area contributed by atoms with Crippen LogP contribution in [0, 0.1) is 0 Å². The Bertz CT molecular complexity index is 136. The SMILES string of the molecule is CC(C)(C)OC(=O)NC=O. The van der Waals surface area contributed by atoms with E-state index in [0.717, 1.165) is 0 Å². The van der Waals surface area contributed by atoms with Crippen LogP contribution in [0.25, 0.3) is 0 Å². The van der Waals surface area contributed by atoms with Gasteiger partial charge in [-0.2, -0.15) is 0 Å². The van der Waals surface area contributed by atoms with Crippen LogP contribution in [0.1, 0.15) is 20.8 Å². The number of nitrogens with one attached hydrogen (secondary N) is 1. The Kier molecular flexibility index (Phi) is 2.86. The topological polar surface area (TPSA) is 55.4 Å². The van der Waals surface area contributed by atoms with Crippen molar-refractivity contribution in [2.75, 3.05) is 0 Å². The number of ether oxygens (including phenoxy) is 1. The van der Waals surface area contributed by atoms with E-state index in [1.807, 2.05) is 5.32 Å². The van der Waals surface area contributed by atoms with Crippen molar-refractivity contribution in [1.29, 1.82) is 0 Å². The number of rotatable bonds is 1. The number of carbonyl (C=O) groups excluding carboxylic acids is 2. The molecule has 2 amide bonds. The van der Waals surface area contributed by atoms with Crippen molar-refractivity contribution in [1.82, 2.24) is 5.32 Å². The Labute approximate surface area is 59.6 Å². The van der Waals surface area contributed by atoms with Gasteiger partial charge in [-0.15, -0.1) is 0 Å². The van der Waals surface area contributed by atoms with Gasteiger partial charge < -0.3 is 4.74 Å². The molecule has 0 aromatic rings. The molecule has 0 aliphatic heterocycles. The lowest BCUT2D eigenvalue weighted by molar-refractivity contribution is -0.109. The summed E-state index contributed by atoms with van der Waals surface area (Å²) in [5.74, 6) is 0. The first-order valence-corrected chi connectivity index (χ1v) is 2.89. The minimum Gasteiger partial charge on any atom is -0.444 e. The summed E-state index contributed by atoms with van der Waals surface area (Å²) in [4.78, 5) is 20.2. The first-order valence-electron chi connectivity index (χ1n) is 2.89. The predicted octanol–water partition coefficient (Wildman–Crippen LogP) is 0.667. The standard InChI is InChI=1S/C6H11NO3/c1-6(2,3)10-5(9)7-4-8/h4H,1-3H3,(H,7,8,9). The van der Waals surface area contributed by atoms with Gasteiger partial charge in [0.15, 0.2) is 0 Å². The van der Waals surface area contributed by atoms with Gasteiger partial charge in [0.1, 0.15) is 5.60 Å². The van der Waals surface area contributed by atoms with Gasteiger partial charge in [0.05, 0.1) is 0 Å². The van der Waals surface area contributed by atoms with Crippen molar-refractivity contribution >= 4 is 12.5 Å². The lowest BCUT2D eigenvalue weighted by atomic mass is 10.2. The first-order chi connectivity index (χ1) is 4.45. The molecule has 0 aliphatic rings. The molecule has 0 atom stereocenters. The molecule has 0 saturated heterocycles. The van der Waals surface area contributed by atoms with Crippen molar-refractivity contribution in [3.8, 4) is 0 Å². The number of amides is 2. The number of hydrogen-bond acceptors (Lipinski definition) is 3. The van der Waals surface area contributed by atoms with Crippen molar-refractivity contribution in [2.24, 2.45) is 0 Å². The third kappa shape index (κ3) is 5.08. The summed E-state index contributed by atoms with van der Waals surface area (Å²) in [7, 11) is 0. The Morgan fingerprint density at radius 3 is 2.30 bits per heavy atom. The maximum Gasteiger partial charge on any atom is 0.414 e. The van der Waals surface area contributed by atoms with Crippen LogP contribution in [-0.2, 0) is 9.53 Å². The fourth-order valence-electron chi connectivity index (χ4n) is 0.356. The Morgan fingerprint density at radius 1 is 1.50 bits per heavy atom. The van der Waals surface area contributed by atoms with Crippen LogP contribution in [0.4, 0.5) is 4.79 Å². The largest absolute Gasteiger partial charge is 0.444 e. The van der Waals surface area contributed by atoms with Gasteiger partial charge in [-0.05, 0) is 20.8 Å². The summed E-state index contributed by atoms with van der Waals surface area (Å²) in [6.07, 6.45) is -0.434. The number of alkyl carbamates (subject to hydrolysis) is 1. The molecule has 0 aliphatic carbocycles. The quantitative estimate of drug-likeness (QED) is 0.551. The van der Waals surface area contributed by atoms with E-state index in [9.17, 15) is 9.59 Å². The average molecular weight is 145 g/mol. The summed E-state index contributed by atoms with van der Waals surface area (Å²) in [6, 6.07) is 0. The predicted molar refractivity (Wildman–Crippen MR) is 35.4 cm³/mol. The molecule has 4 heteroatoms. The molecule has 0 saturated carbocycles. The molecule has 0 spiro atoms. The molecule has 0 unspecified atom stereocenters. The highest BCUT2D eigenvalue weighted by Crippen LogP contribution is 2.05. The van der Waals surface area contributed by atoms with Gasteiger partial charge in [-0.3, -0.25) is 10.1 Å². The van der Waals surface area contributed by atoms with Gasteiger partial charge in [0.2, 0.25) is 6.41 Å². The molecule has 0 aromatic heterocycles. The molecular weight excluding hydrogens is 134 g/mol. The maximum atomic E-state index is 10.5. The summed E-state index contributed by atoms with van der Waals surface area (Å²) in [5, 5.41) is 1.86. The normalized spacial score (nSPS) is 10.3. The van der Waals surface area contributed by atoms with Crippen LogP contribution in [0.3, 0.4) is 0 Å². The lowest BCUT2D eigenvalue weighted by Gasteiger charge is -2.18. The fourth-order valence-corrected chi connectivity index (χ4v) is 0.356. The van der Waals surface area contributed by atoms with E-state index in [-0.39, 0.29) is 6.41 Å². The number of carbonyl (C=O) groups is 2. The van der Waals surface area contributed by atoms with E-state index in [1.165, 1.54) is 0 Å². The average Bonchev–Trinajstić information content (AvgIpc) is 1.59. The minimum absolute atomic E-state index is 0.286. The second kappa shape index (κ2) is 3.20. The van der Waals surface area contributed by atoms with Crippen molar-refractivity contribution < 1.29 is 14.3 Å². The van der Waals surface area contributed by atoms with E-state index >= 15 is 0 Å². The molecule has 0 heterocycles. The second-order valence-corrected chi connectivity index (χ2v) is 2.76. The molecule has 58 valence electrons. The van der Waals surface area contributed by atoms with Crippen LogP contribution in [-0.4, -0.2) is 18.1 Å². The van der Waals surface area contributed by atoms with Gasteiger partial charge in [0.25, 0.3) is 0 Å². The number of imide groups is 1. The fraction of sp³-hybridized carbons (Fsp3) is 0.667. The maximum absolute atomic E-state index is 10.5. The summed E-state index contributed by atoms with van der Waals surface area (Å²) >= 11 is 0. The molecule has 0 bridgehead atoms. The molecule has 0 aromatic carbocycles. The van der Waals surface area contributed by atoms with Crippen LogP contribution in [0.5, 0.6) is 0 Å². The van der Waals surface area contributed by atoms with E-state index < -0.39 is 11.7 Å². The zero-order valence-corrected chi connectivity index (χ0v) is 6.30. The highest BCUT2D eigenvalue weighted by Gasteiger charge is 2.14. The van der Waals surface area contributed by atoms with Gasteiger partial charge in [-0.1, -0.05) is 0 Å². The van der Waals surface area contributed by atoms with Crippen molar-refractivity contribution in [3.05, 3.63) is 0 Å². The molecule has 1 N–H and O–H groups in total. The zero-order chi connectivity index (χ0) is 8.20. The highest BCUT2D eigenvalue weighted by molar-refractivity contribution is 5.79. The third-order valence-electron chi connectivity index (χ3n) is 0.576. The van der Waals surface area contributed by atoms with Crippen LogP contribution >= 0.6 is 0 Å². The summed E-state index contributed by atoms with van der Waals surface area (Å²) in [6.45, 7) is 5.16. The van der Waals surface area contributed by atoms with Crippen molar-refractivity contribution in [2.45, 2.75) is 26.4 Å². The van der Waals surface area contributed by atoms with Crippen molar-refractivity contribution in [3.63, 3.8) is 0 Å². The molecule has 0 fully saturated rings. The smallest absolute Gasteiger partial charge is 0.414 e. The van der Waals surface area contributed by atoms with E-state index in [4.69, 9.17) is 4.74 Å². The Balaban J connectivity index is 3.68. The van der Waals surface area contributed by atoms with Crippen LogP contribution in [0.2, 0.25) is 0 Å². The second-order valence-electron chi connectivity index (χ2n) is 2.76. The van der Waals surface area contributed by atoms with Gasteiger partial charge in [0, 0.05) is 0 Å². The van der Waals surface area contributed by atoms with E-state index in [1.54, 1.807) is 20.8 Å². The van der Waals surface area contributed by atoms with Crippen LogP contribution in [0.15, 0.2) is 0 Å². The monoisotopic (exact) mass is 145 g/mol. The highest BCUT2D eigenvalue weighted by atomic mass is 16.6. The Morgan fingerprint density at radius 2 is 2.00 bits per heavy atom. The molecule has 4 nitrogen and oxygen atoms in total. The molecule has 10 heavy (non-hydrogen) atoms. The summed E-state index contributed by atoms with van der Waals surface area (Å²) in [5.41, 5.74) is -0.549. The first kappa shape index (κ1) is 8.94. The molecule has 0 rings (SSSR count). The minimum atomic E-state index is -0.720. The lowest BCUT2D eigenvalue weighted by Crippen LogP contribution is -2.31. The van der Waals surface area contributed by atoms with Crippen LogP contribution < -0.4 is 5.32 Å². The third-order valence-corrected chi connectivity index (χ3v) is 0.576. The summed E-state index contributed by atoms with van der Waals surface area (Å²) < 4.78 is 4.70. The Hall–Kier alpha value is -1.06. The van der Waals surface area contributed by atoms with Gasteiger partial charge >= 0.3 is 6.09 Å². The molecule has 0 radical (unpaired) electrons. The zero-order valence-electron chi connectivity index (χ0n) is 6.30. The van der Waals surface area contributed by atoms with Gasteiger partial charge in [-0.25, -0.2) is 4.79 Å². The molecular formula is C6H11NO3. The van der Waals surface area contributed by atoms with E-state index in [2.05, 4.69) is 0 Å². The van der Waals surface area contributed by atoms with E-state index in [0.29, 0.717) is 0 Å².